The normalized spacial score (nSPS) is 15.5. The molecule has 26 heavy (non-hydrogen) atoms. The van der Waals surface area contributed by atoms with E-state index in [0.29, 0.717) is 31.7 Å². The lowest BCUT2D eigenvalue weighted by molar-refractivity contribution is -0.141. The summed E-state index contributed by atoms with van der Waals surface area (Å²) in [4.78, 5) is 26.9. The molecule has 0 bridgehead atoms. The van der Waals surface area contributed by atoms with Crippen molar-refractivity contribution in [1.82, 2.24) is 15.5 Å². The first kappa shape index (κ1) is 20.3. The Hall–Kier alpha value is -1.99. The fraction of sp³-hybridized carbons (Fsp3) is 0.579. The first-order valence-corrected chi connectivity index (χ1v) is 9.01. The Morgan fingerprint density at radius 3 is 2.38 bits per heavy atom. The van der Waals surface area contributed by atoms with Gasteiger partial charge in [-0.25, -0.2) is 4.39 Å². The summed E-state index contributed by atoms with van der Waals surface area (Å²) < 4.78 is 18.9. The first-order valence-electron chi connectivity index (χ1n) is 9.01. The summed E-state index contributed by atoms with van der Waals surface area (Å²) in [7, 11) is 0. The SMILES string of the molecule is CC(C)(C(=O)NCCc1ccccc1F)C(=O)NCCN1CCOCC1. The minimum Gasteiger partial charge on any atom is -0.379 e. The van der Waals surface area contributed by atoms with Gasteiger partial charge in [0.1, 0.15) is 11.2 Å². The molecule has 1 aliphatic rings. The topological polar surface area (TPSA) is 70.7 Å². The molecule has 1 saturated heterocycles. The minimum absolute atomic E-state index is 0.282. The summed E-state index contributed by atoms with van der Waals surface area (Å²) in [5.41, 5.74) is -0.638. The summed E-state index contributed by atoms with van der Waals surface area (Å²) in [5, 5.41) is 5.55. The summed E-state index contributed by atoms with van der Waals surface area (Å²) in [6.45, 7) is 7.83. The van der Waals surface area contributed by atoms with Crippen LogP contribution in [-0.4, -0.2) is 62.7 Å². The fourth-order valence-corrected chi connectivity index (χ4v) is 2.71. The monoisotopic (exact) mass is 365 g/mol. The standard InChI is InChI=1S/C19H28FN3O3/c1-19(2,18(25)22-9-10-23-11-13-26-14-12-23)17(24)21-8-7-15-5-3-4-6-16(15)20/h3-6H,7-14H2,1-2H3,(H,21,24)(H,22,25). The summed E-state index contributed by atoms with van der Waals surface area (Å²) in [6, 6.07) is 6.46. The molecule has 2 N–H and O–H groups in total. The zero-order valence-electron chi connectivity index (χ0n) is 15.5. The average Bonchev–Trinajstić information content (AvgIpc) is 2.64. The second-order valence-corrected chi connectivity index (χ2v) is 6.93. The Bertz CT molecular complexity index is 616. The van der Waals surface area contributed by atoms with Gasteiger partial charge in [0.2, 0.25) is 11.8 Å². The maximum atomic E-state index is 13.6. The van der Waals surface area contributed by atoms with Gasteiger partial charge in [0.15, 0.2) is 0 Å². The van der Waals surface area contributed by atoms with Crippen LogP contribution in [0.15, 0.2) is 24.3 Å². The highest BCUT2D eigenvalue weighted by atomic mass is 19.1. The molecule has 1 fully saturated rings. The Morgan fingerprint density at radius 1 is 1.12 bits per heavy atom. The quantitative estimate of drug-likeness (QED) is 0.673. The second kappa shape index (κ2) is 9.64. The van der Waals surface area contributed by atoms with Crippen LogP contribution in [0.5, 0.6) is 0 Å². The second-order valence-electron chi connectivity index (χ2n) is 6.93. The molecule has 0 spiro atoms. The number of nitrogens with zero attached hydrogens (tertiary/aromatic N) is 1. The maximum absolute atomic E-state index is 13.6. The smallest absolute Gasteiger partial charge is 0.235 e. The number of benzene rings is 1. The molecule has 1 aliphatic heterocycles. The van der Waals surface area contributed by atoms with Crippen LogP contribution in [0, 0.1) is 11.2 Å². The highest BCUT2D eigenvalue weighted by molar-refractivity contribution is 6.04. The number of hydrogen-bond donors (Lipinski definition) is 2. The van der Waals surface area contributed by atoms with E-state index in [9.17, 15) is 14.0 Å². The van der Waals surface area contributed by atoms with E-state index in [4.69, 9.17) is 4.74 Å². The van der Waals surface area contributed by atoms with E-state index in [1.165, 1.54) is 6.07 Å². The van der Waals surface area contributed by atoms with Gasteiger partial charge in [0.05, 0.1) is 13.2 Å². The Morgan fingerprint density at radius 2 is 1.73 bits per heavy atom. The lowest BCUT2D eigenvalue weighted by Crippen LogP contribution is -2.50. The molecule has 0 saturated carbocycles. The molecule has 1 heterocycles. The van der Waals surface area contributed by atoms with Crippen molar-refractivity contribution in [2.45, 2.75) is 20.3 Å². The van der Waals surface area contributed by atoms with E-state index >= 15 is 0 Å². The molecule has 0 radical (unpaired) electrons. The third-order valence-corrected chi connectivity index (χ3v) is 4.59. The van der Waals surface area contributed by atoms with Crippen molar-refractivity contribution in [2.24, 2.45) is 5.41 Å². The van der Waals surface area contributed by atoms with Gasteiger partial charge in [0, 0.05) is 32.7 Å². The van der Waals surface area contributed by atoms with Gasteiger partial charge in [-0.05, 0) is 31.9 Å². The first-order chi connectivity index (χ1) is 12.4. The van der Waals surface area contributed by atoms with E-state index in [2.05, 4.69) is 15.5 Å². The maximum Gasteiger partial charge on any atom is 0.235 e. The molecule has 1 aromatic rings. The van der Waals surface area contributed by atoms with Gasteiger partial charge >= 0.3 is 0 Å². The number of hydrogen-bond acceptors (Lipinski definition) is 4. The Balaban J connectivity index is 1.73. The zero-order chi connectivity index (χ0) is 19.0. The predicted octanol–water partition coefficient (Wildman–Crippen LogP) is 0.959. The molecule has 7 heteroatoms. The van der Waals surface area contributed by atoms with E-state index in [0.717, 1.165) is 19.6 Å². The number of halogens is 1. The molecule has 0 unspecified atom stereocenters. The van der Waals surface area contributed by atoms with Crippen molar-refractivity contribution in [2.75, 3.05) is 45.9 Å². The molecule has 6 nitrogen and oxygen atoms in total. The number of carbonyl (C=O) groups is 2. The zero-order valence-corrected chi connectivity index (χ0v) is 15.5. The molecular weight excluding hydrogens is 337 g/mol. The summed E-state index contributed by atoms with van der Waals surface area (Å²) >= 11 is 0. The van der Waals surface area contributed by atoms with Crippen molar-refractivity contribution in [3.63, 3.8) is 0 Å². The fourth-order valence-electron chi connectivity index (χ4n) is 2.71. The van der Waals surface area contributed by atoms with Gasteiger partial charge in [-0.2, -0.15) is 0 Å². The molecule has 144 valence electrons. The van der Waals surface area contributed by atoms with E-state index in [1.807, 2.05) is 0 Å². The van der Waals surface area contributed by atoms with E-state index in [1.54, 1.807) is 32.0 Å². The van der Waals surface area contributed by atoms with Crippen LogP contribution >= 0.6 is 0 Å². The van der Waals surface area contributed by atoms with Crippen molar-refractivity contribution in [3.05, 3.63) is 35.6 Å². The lowest BCUT2D eigenvalue weighted by Gasteiger charge is -2.27. The summed E-state index contributed by atoms with van der Waals surface area (Å²) in [6.07, 6.45) is 0.382. The summed E-state index contributed by atoms with van der Waals surface area (Å²) in [5.74, 6) is -0.964. The highest BCUT2D eigenvalue weighted by Crippen LogP contribution is 2.15. The third-order valence-electron chi connectivity index (χ3n) is 4.59. The van der Waals surface area contributed by atoms with Crippen LogP contribution in [0.25, 0.3) is 0 Å². The number of amides is 2. The minimum atomic E-state index is -1.18. The van der Waals surface area contributed by atoms with Crippen LogP contribution in [0.2, 0.25) is 0 Å². The third kappa shape index (κ3) is 5.78. The van der Waals surface area contributed by atoms with Crippen molar-refractivity contribution < 1.29 is 18.7 Å². The molecule has 0 aromatic heterocycles. The van der Waals surface area contributed by atoms with Crippen molar-refractivity contribution in [1.29, 1.82) is 0 Å². The molecule has 2 rings (SSSR count). The molecule has 1 aromatic carbocycles. The number of nitrogens with one attached hydrogen (secondary N) is 2. The largest absolute Gasteiger partial charge is 0.379 e. The molecule has 0 aliphatic carbocycles. The van der Waals surface area contributed by atoms with Gasteiger partial charge < -0.3 is 15.4 Å². The van der Waals surface area contributed by atoms with Crippen LogP contribution in [0.1, 0.15) is 19.4 Å². The Labute approximate surface area is 154 Å². The highest BCUT2D eigenvalue weighted by Gasteiger charge is 2.35. The van der Waals surface area contributed by atoms with Gasteiger partial charge in [0.25, 0.3) is 0 Å². The van der Waals surface area contributed by atoms with Crippen LogP contribution in [0.3, 0.4) is 0 Å². The van der Waals surface area contributed by atoms with Gasteiger partial charge in [-0.3, -0.25) is 14.5 Å². The van der Waals surface area contributed by atoms with Crippen molar-refractivity contribution >= 4 is 11.8 Å². The number of carbonyl (C=O) groups excluding carboxylic acids is 2. The lowest BCUT2D eigenvalue weighted by atomic mass is 9.91. The molecule has 0 atom stereocenters. The van der Waals surface area contributed by atoms with Gasteiger partial charge in [-0.1, -0.05) is 18.2 Å². The number of rotatable bonds is 8. The van der Waals surface area contributed by atoms with E-state index < -0.39 is 5.41 Å². The van der Waals surface area contributed by atoms with Gasteiger partial charge in [-0.15, -0.1) is 0 Å². The van der Waals surface area contributed by atoms with Crippen molar-refractivity contribution in [3.8, 4) is 0 Å². The molecule has 2 amide bonds. The Kier molecular flexibility index (Phi) is 7.53. The van der Waals surface area contributed by atoms with Crippen LogP contribution in [0.4, 0.5) is 4.39 Å². The van der Waals surface area contributed by atoms with Crippen LogP contribution in [-0.2, 0) is 20.7 Å². The molecular formula is C19H28FN3O3. The number of ether oxygens (including phenoxy) is 1. The number of morpholine rings is 1. The van der Waals surface area contributed by atoms with E-state index in [-0.39, 0.29) is 24.2 Å². The van der Waals surface area contributed by atoms with Crippen LogP contribution < -0.4 is 10.6 Å². The average molecular weight is 365 g/mol. The predicted molar refractivity (Wildman–Crippen MR) is 97.2 cm³/mol.